The Morgan fingerprint density at radius 1 is 1.26 bits per heavy atom. The van der Waals surface area contributed by atoms with E-state index in [0.717, 1.165) is 24.6 Å². The molecule has 3 heteroatoms. The van der Waals surface area contributed by atoms with Crippen LogP contribution in [0.3, 0.4) is 0 Å². The van der Waals surface area contributed by atoms with Crippen LogP contribution in [0.4, 0.5) is 5.69 Å². The van der Waals surface area contributed by atoms with E-state index in [4.69, 9.17) is 16.7 Å². The van der Waals surface area contributed by atoms with Crippen molar-refractivity contribution in [2.45, 2.75) is 40.2 Å². The highest BCUT2D eigenvalue weighted by Crippen LogP contribution is 2.36. The molecular weight excluding hydrogens is 258 g/mol. The second kappa shape index (κ2) is 5.72. The molecular formula is C16H24ClNO. The molecule has 19 heavy (non-hydrogen) atoms. The number of nitrogens with zero attached hydrogens (tertiary/aromatic N) is 1. The molecule has 0 saturated carbocycles. The molecule has 2 rings (SSSR count). The minimum atomic E-state index is 0.00517. The highest BCUT2D eigenvalue weighted by Gasteiger charge is 2.28. The van der Waals surface area contributed by atoms with E-state index in [2.05, 4.69) is 31.7 Å². The molecule has 0 spiro atoms. The van der Waals surface area contributed by atoms with E-state index < -0.39 is 0 Å². The molecule has 1 N–H and O–H groups in total. The normalized spacial score (nSPS) is 17.8. The minimum absolute atomic E-state index is 0.00517. The van der Waals surface area contributed by atoms with Gasteiger partial charge in [-0.2, -0.15) is 0 Å². The molecule has 0 radical (unpaired) electrons. The van der Waals surface area contributed by atoms with Crippen LogP contribution in [0.15, 0.2) is 18.2 Å². The van der Waals surface area contributed by atoms with E-state index in [1.807, 2.05) is 12.1 Å². The molecule has 1 aromatic rings. The average Bonchev–Trinajstić information content (AvgIpc) is 2.38. The van der Waals surface area contributed by atoms with E-state index in [0.29, 0.717) is 10.4 Å². The van der Waals surface area contributed by atoms with Gasteiger partial charge in [-0.3, -0.25) is 0 Å². The van der Waals surface area contributed by atoms with Crippen molar-refractivity contribution in [1.82, 2.24) is 0 Å². The molecule has 0 aromatic heterocycles. The summed E-state index contributed by atoms with van der Waals surface area (Å²) < 4.78 is 0. The molecule has 1 aliphatic heterocycles. The fraction of sp³-hybridized carbons (Fsp3) is 0.625. The lowest BCUT2D eigenvalue weighted by Gasteiger charge is -2.39. The molecule has 2 nitrogen and oxygen atoms in total. The summed E-state index contributed by atoms with van der Waals surface area (Å²) in [6.45, 7) is 9.19. The Labute approximate surface area is 121 Å². The number of rotatable bonds is 2. The molecule has 0 bridgehead atoms. The summed E-state index contributed by atoms with van der Waals surface area (Å²) in [5, 5.41) is 9.81. The number of aliphatic hydroxyl groups excluding tert-OH is 1. The Morgan fingerprint density at radius 3 is 2.37 bits per heavy atom. The zero-order valence-corrected chi connectivity index (χ0v) is 12.9. The molecule has 1 aliphatic rings. The summed E-state index contributed by atoms with van der Waals surface area (Å²) in [6, 6.07) is 5.97. The van der Waals surface area contributed by atoms with Gasteiger partial charge in [0.2, 0.25) is 0 Å². The molecule has 1 heterocycles. The van der Waals surface area contributed by atoms with E-state index >= 15 is 0 Å². The first kappa shape index (κ1) is 14.7. The van der Waals surface area contributed by atoms with Crippen molar-refractivity contribution >= 4 is 17.3 Å². The first-order chi connectivity index (χ1) is 8.91. The number of anilines is 1. The maximum Gasteiger partial charge on any atom is 0.0696 e. The fourth-order valence-corrected chi connectivity index (χ4v) is 3.10. The van der Waals surface area contributed by atoms with Gasteiger partial charge in [0.1, 0.15) is 0 Å². The van der Waals surface area contributed by atoms with Crippen molar-refractivity contribution in [2.75, 3.05) is 18.0 Å². The van der Waals surface area contributed by atoms with Gasteiger partial charge in [-0.05, 0) is 41.9 Å². The molecule has 1 fully saturated rings. The quantitative estimate of drug-likeness (QED) is 0.882. The number of aliphatic hydroxyl groups is 1. The zero-order valence-electron chi connectivity index (χ0n) is 12.1. The van der Waals surface area contributed by atoms with E-state index in [9.17, 15) is 0 Å². The number of benzene rings is 1. The Morgan fingerprint density at radius 2 is 1.89 bits per heavy atom. The molecule has 0 aliphatic carbocycles. The first-order valence-corrected chi connectivity index (χ1v) is 7.44. The van der Waals surface area contributed by atoms with Gasteiger partial charge in [0.05, 0.1) is 6.61 Å². The lowest BCUT2D eigenvalue weighted by atomic mass is 9.75. The van der Waals surface area contributed by atoms with Gasteiger partial charge in [0.25, 0.3) is 0 Å². The van der Waals surface area contributed by atoms with Crippen molar-refractivity contribution in [3.05, 3.63) is 28.8 Å². The lowest BCUT2D eigenvalue weighted by Crippen LogP contribution is -2.38. The summed E-state index contributed by atoms with van der Waals surface area (Å²) >= 11 is 6.16. The number of hydrogen-bond donors (Lipinski definition) is 1. The van der Waals surface area contributed by atoms with Crippen molar-refractivity contribution < 1.29 is 5.11 Å². The van der Waals surface area contributed by atoms with Gasteiger partial charge in [0, 0.05) is 23.8 Å². The van der Waals surface area contributed by atoms with Crippen LogP contribution in [-0.2, 0) is 6.61 Å². The number of halogens is 1. The second-order valence-electron chi connectivity index (χ2n) is 6.56. The molecule has 106 valence electrons. The highest BCUT2D eigenvalue weighted by atomic mass is 35.5. The Balaban J connectivity index is 2.04. The average molecular weight is 282 g/mol. The van der Waals surface area contributed by atoms with Gasteiger partial charge in [-0.1, -0.05) is 38.4 Å². The van der Waals surface area contributed by atoms with Gasteiger partial charge in [-0.15, -0.1) is 0 Å². The van der Waals surface area contributed by atoms with Crippen molar-refractivity contribution in [3.8, 4) is 0 Å². The van der Waals surface area contributed by atoms with Crippen molar-refractivity contribution in [2.24, 2.45) is 11.3 Å². The number of hydrogen-bond acceptors (Lipinski definition) is 2. The SMILES string of the molecule is CC(C)(C)C1CCN(c2ccc(CO)c(Cl)c2)CC1. The predicted molar refractivity (Wildman–Crippen MR) is 81.8 cm³/mol. The molecule has 0 unspecified atom stereocenters. The van der Waals surface area contributed by atoms with E-state index in [-0.39, 0.29) is 6.61 Å². The third-order valence-corrected chi connectivity index (χ3v) is 4.64. The van der Waals surface area contributed by atoms with Gasteiger partial charge < -0.3 is 10.0 Å². The van der Waals surface area contributed by atoms with Gasteiger partial charge >= 0.3 is 0 Å². The zero-order chi connectivity index (χ0) is 14.0. The molecule has 0 atom stereocenters. The Hall–Kier alpha value is -0.730. The predicted octanol–water partition coefficient (Wildman–Crippen LogP) is 4.09. The van der Waals surface area contributed by atoms with Crippen LogP contribution < -0.4 is 4.90 Å². The highest BCUT2D eigenvalue weighted by molar-refractivity contribution is 6.31. The molecule has 1 aromatic carbocycles. The van der Waals surface area contributed by atoms with Crippen molar-refractivity contribution in [1.29, 1.82) is 0 Å². The maximum atomic E-state index is 9.15. The number of piperidine rings is 1. The minimum Gasteiger partial charge on any atom is -0.392 e. The monoisotopic (exact) mass is 281 g/mol. The third-order valence-electron chi connectivity index (χ3n) is 4.29. The fourth-order valence-electron chi connectivity index (χ4n) is 2.86. The van der Waals surface area contributed by atoms with Crippen LogP contribution >= 0.6 is 11.6 Å². The Bertz CT molecular complexity index is 431. The van der Waals surface area contributed by atoms with Crippen LogP contribution in [0.25, 0.3) is 0 Å². The summed E-state index contributed by atoms with van der Waals surface area (Å²) in [5.41, 5.74) is 2.38. The van der Waals surface area contributed by atoms with Crippen molar-refractivity contribution in [3.63, 3.8) is 0 Å². The summed E-state index contributed by atoms with van der Waals surface area (Å²) in [5.74, 6) is 0.802. The van der Waals surface area contributed by atoms with Gasteiger partial charge in [0.15, 0.2) is 0 Å². The van der Waals surface area contributed by atoms with Crippen LogP contribution in [-0.4, -0.2) is 18.2 Å². The smallest absolute Gasteiger partial charge is 0.0696 e. The third kappa shape index (κ3) is 3.43. The first-order valence-electron chi connectivity index (χ1n) is 7.06. The largest absolute Gasteiger partial charge is 0.392 e. The maximum absolute atomic E-state index is 9.15. The van der Waals surface area contributed by atoms with E-state index in [1.54, 1.807) is 0 Å². The lowest BCUT2D eigenvalue weighted by molar-refractivity contribution is 0.199. The summed E-state index contributed by atoms with van der Waals surface area (Å²) in [4.78, 5) is 2.40. The van der Waals surface area contributed by atoms with E-state index in [1.165, 1.54) is 18.5 Å². The van der Waals surface area contributed by atoms with Crippen LogP contribution in [0.1, 0.15) is 39.2 Å². The summed E-state index contributed by atoms with van der Waals surface area (Å²) in [7, 11) is 0. The topological polar surface area (TPSA) is 23.5 Å². The summed E-state index contributed by atoms with van der Waals surface area (Å²) in [6.07, 6.45) is 2.48. The molecule has 0 amide bonds. The van der Waals surface area contributed by atoms with Crippen LogP contribution in [0.5, 0.6) is 0 Å². The van der Waals surface area contributed by atoms with Crippen LogP contribution in [0, 0.1) is 11.3 Å². The molecule has 1 saturated heterocycles. The van der Waals surface area contributed by atoms with Crippen LogP contribution in [0.2, 0.25) is 5.02 Å². The standard InChI is InChI=1S/C16H24ClNO/c1-16(2,3)13-6-8-18(9-7-13)14-5-4-12(11-19)15(17)10-14/h4-5,10,13,19H,6-9,11H2,1-3H3. The second-order valence-corrected chi connectivity index (χ2v) is 6.97. The Kier molecular flexibility index (Phi) is 4.42. The van der Waals surface area contributed by atoms with Gasteiger partial charge in [-0.25, -0.2) is 0 Å².